The molecule has 4 N–H and O–H groups in total. The number of nitrogens with one attached hydrogen (secondary N) is 3. The van der Waals surface area contributed by atoms with Gasteiger partial charge in [0.05, 0.1) is 51.0 Å². The van der Waals surface area contributed by atoms with Gasteiger partial charge in [0.2, 0.25) is 17.7 Å². The van der Waals surface area contributed by atoms with Gasteiger partial charge in [-0.3, -0.25) is 24.1 Å². The first-order chi connectivity index (χ1) is 31.6. The maximum absolute atomic E-state index is 14.1. The number of thiazole rings is 1. The number of anilines is 1. The molecule has 1 aliphatic carbocycles. The zero-order valence-electron chi connectivity index (χ0n) is 38.0. The minimum Gasteiger partial charge on any atom is -0.490 e. The van der Waals surface area contributed by atoms with Gasteiger partial charge in [0.15, 0.2) is 0 Å². The molecule has 0 radical (unpaired) electrons. The van der Waals surface area contributed by atoms with Crippen LogP contribution in [0.1, 0.15) is 80.2 Å². The van der Waals surface area contributed by atoms with Crippen LogP contribution in [0.5, 0.6) is 5.75 Å². The Bertz CT molecular complexity index is 2390. The second-order valence-electron chi connectivity index (χ2n) is 18.3. The molecule has 3 aliphatic rings. The van der Waals surface area contributed by atoms with Gasteiger partial charge in [-0.15, -0.1) is 11.3 Å². The number of β-amino-alcohol motifs (C(OH)–C–C–N with tert-alkyl or cyclic N) is 1. The Morgan fingerprint density at radius 2 is 1.74 bits per heavy atom. The average molecular weight is 941 g/mol. The van der Waals surface area contributed by atoms with Crippen LogP contribution < -0.4 is 25.6 Å². The minimum absolute atomic E-state index is 0.0117. The molecular weight excluding hydrogens is 882 g/mol. The molecular formula is C48H58ClN9O7S. The summed E-state index contributed by atoms with van der Waals surface area (Å²) in [6.07, 6.45) is 2.09. The molecule has 16 nitrogen and oxygen atoms in total. The lowest BCUT2D eigenvalue weighted by atomic mass is 9.85. The first kappa shape index (κ1) is 48.3. The third kappa shape index (κ3) is 12.0. The number of rotatable bonds is 16. The van der Waals surface area contributed by atoms with Crippen LogP contribution >= 0.6 is 22.9 Å². The van der Waals surface area contributed by atoms with E-state index in [0.717, 1.165) is 53.7 Å². The van der Waals surface area contributed by atoms with Crippen LogP contribution in [-0.2, 0) is 19.1 Å². The third-order valence-electron chi connectivity index (χ3n) is 12.3. The van der Waals surface area contributed by atoms with Gasteiger partial charge in [-0.2, -0.15) is 5.26 Å². The van der Waals surface area contributed by atoms with Crippen LogP contribution in [-0.4, -0.2) is 131 Å². The monoisotopic (exact) mass is 939 g/mol. The highest BCUT2D eigenvalue weighted by atomic mass is 35.5. The Balaban J connectivity index is 0.805. The molecule has 2 aliphatic heterocycles. The Morgan fingerprint density at radius 3 is 2.38 bits per heavy atom. The highest BCUT2D eigenvalue weighted by Gasteiger charge is 2.45. The summed E-state index contributed by atoms with van der Waals surface area (Å²) in [6.45, 7) is 13.0. The number of hydrogen-bond acceptors (Lipinski definition) is 13. The highest BCUT2D eigenvalue weighted by Crippen LogP contribution is 2.31. The van der Waals surface area contributed by atoms with E-state index in [2.05, 4.69) is 35.7 Å². The highest BCUT2D eigenvalue weighted by molar-refractivity contribution is 7.13. The molecule has 18 heteroatoms. The topological polar surface area (TPSA) is 202 Å². The zero-order valence-corrected chi connectivity index (χ0v) is 39.5. The molecule has 4 aromatic rings. The lowest BCUT2D eigenvalue weighted by molar-refractivity contribution is -0.144. The van der Waals surface area contributed by atoms with Crippen LogP contribution in [0.15, 0.2) is 66.3 Å². The molecule has 350 valence electrons. The number of carbonyl (C=O) groups is 4. The second kappa shape index (κ2) is 21.3. The van der Waals surface area contributed by atoms with Gasteiger partial charge in [0, 0.05) is 76.8 Å². The number of nitrogens with zero attached hydrogens (tertiary/aromatic N) is 6. The number of piperazine rings is 1. The number of pyridine rings is 1. The van der Waals surface area contributed by atoms with Crippen molar-refractivity contribution in [3.63, 3.8) is 0 Å². The van der Waals surface area contributed by atoms with Crippen molar-refractivity contribution in [3.05, 3.63) is 93.7 Å². The van der Waals surface area contributed by atoms with E-state index < -0.39 is 35.4 Å². The number of halogens is 1. The summed E-state index contributed by atoms with van der Waals surface area (Å²) in [5, 5.41) is 29.0. The van der Waals surface area contributed by atoms with E-state index in [4.69, 9.17) is 26.3 Å². The fourth-order valence-electron chi connectivity index (χ4n) is 8.39. The molecule has 3 fully saturated rings. The van der Waals surface area contributed by atoms with E-state index in [9.17, 15) is 24.3 Å². The van der Waals surface area contributed by atoms with E-state index in [-0.39, 0.29) is 49.6 Å². The number of aromatic nitrogens is 2. The summed E-state index contributed by atoms with van der Waals surface area (Å²) in [5.74, 6) is -0.0571. The van der Waals surface area contributed by atoms with Gasteiger partial charge in [-0.25, -0.2) is 9.97 Å². The van der Waals surface area contributed by atoms with E-state index in [1.165, 1.54) is 4.90 Å². The van der Waals surface area contributed by atoms with Crippen LogP contribution in [0, 0.1) is 23.7 Å². The largest absolute Gasteiger partial charge is 0.490 e. The summed E-state index contributed by atoms with van der Waals surface area (Å²) in [5.41, 5.74) is 4.90. The van der Waals surface area contributed by atoms with Crippen LogP contribution in [0.3, 0.4) is 0 Å². The summed E-state index contributed by atoms with van der Waals surface area (Å²) >= 11 is 7.69. The molecule has 66 heavy (non-hydrogen) atoms. The fraction of sp³-hybridized carbons (Fsp3) is 0.479. The van der Waals surface area contributed by atoms with Gasteiger partial charge in [0.1, 0.15) is 42.4 Å². The van der Waals surface area contributed by atoms with Gasteiger partial charge >= 0.3 is 0 Å². The lowest BCUT2D eigenvalue weighted by Gasteiger charge is -2.36. The molecule has 2 aromatic heterocycles. The van der Waals surface area contributed by atoms with Crippen LogP contribution in [0.4, 0.5) is 5.82 Å². The summed E-state index contributed by atoms with van der Waals surface area (Å²) in [7, 11) is 0. The normalized spacial score (nSPS) is 20.7. The van der Waals surface area contributed by atoms with Crippen molar-refractivity contribution < 1.29 is 33.8 Å². The van der Waals surface area contributed by atoms with Gasteiger partial charge in [-0.05, 0) is 54.7 Å². The number of likely N-dealkylation sites (tertiary alicyclic amines) is 1. The first-order valence-electron chi connectivity index (χ1n) is 22.3. The zero-order chi connectivity index (χ0) is 47.1. The van der Waals surface area contributed by atoms with Crippen LogP contribution in [0.25, 0.3) is 10.4 Å². The number of hydrogen-bond donors (Lipinski definition) is 4. The number of benzene rings is 2. The van der Waals surface area contributed by atoms with Crippen molar-refractivity contribution in [1.29, 1.82) is 5.26 Å². The van der Waals surface area contributed by atoms with E-state index in [0.29, 0.717) is 47.9 Å². The molecule has 7 rings (SSSR count). The lowest BCUT2D eigenvalue weighted by Crippen LogP contribution is -2.58. The SMILES string of the molecule is Cc1ncsc1-c1ccc([C@H](C)NC(=O)[C@@H]2C[C@@H](O)CN2C(=O)[C@@H](NC(=O)COCCN2CCN(c3ccc(C(=O)N[C@H]4C[C@H](Oc5ccc(C#N)c(Cl)c5)C4)cn3)CC2)C(C)(C)C)cc1. The van der Waals surface area contributed by atoms with Crippen molar-refractivity contribution in [1.82, 2.24) is 35.7 Å². The molecule has 2 saturated heterocycles. The smallest absolute Gasteiger partial charge is 0.253 e. The molecule has 4 atom stereocenters. The Hall–Kier alpha value is -5.64. The molecule has 0 unspecified atom stereocenters. The van der Waals surface area contributed by atoms with E-state index in [1.807, 2.05) is 76.5 Å². The average Bonchev–Trinajstić information content (AvgIpc) is 3.91. The molecule has 0 bridgehead atoms. The number of aryl methyl sites for hydroxylation is 1. The first-order valence-corrected chi connectivity index (χ1v) is 23.6. The van der Waals surface area contributed by atoms with Gasteiger partial charge in [-0.1, -0.05) is 56.6 Å². The Morgan fingerprint density at radius 1 is 1.00 bits per heavy atom. The van der Waals surface area contributed by atoms with E-state index >= 15 is 0 Å². The third-order valence-corrected chi connectivity index (χ3v) is 13.6. The molecule has 1 saturated carbocycles. The number of ether oxygens (including phenoxy) is 2. The number of nitriles is 1. The maximum Gasteiger partial charge on any atom is 0.253 e. The number of carbonyl (C=O) groups excluding carboxylic acids is 4. The molecule has 4 heterocycles. The number of aliphatic hydroxyl groups is 1. The quantitative estimate of drug-likeness (QED) is 0.111. The summed E-state index contributed by atoms with van der Waals surface area (Å²) < 4.78 is 11.7. The predicted octanol–water partition coefficient (Wildman–Crippen LogP) is 4.89. The maximum atomic E-state index is 14.1. The molecule has 0 spiro atoms. The summed E-state index contributed by atoms with van der Waals surface area (Å²) in [4.78, 5) is 69.7. The van der Waals surface area contributed by atoms with Crippen molar-refractivity contribution in [2.45, 2.75) is 90.3 Å². The van der Waals surface area contributed by atoms with Crippen molar-refractivity contribution >= 4 is 52.4 Å². The minimum atomic E-state index is -0.960. The molecule has 2 aromatic carbocycles. The van der Waals surface area contributed by atoms with Gasteiger partial charge in [0.25, 0.3) is 5.91 Å². The van der Waals surface area contributed by atoms with Crippen molar-refractivity contribution in [2.24, 2.45) is 5.41 Å². The summed E-state index contributed by atoms with van der Waals surface area (Å²) in [6, 6.07) is 16.4. The fourth-order valence-corrected chi connectivity index (χ4v) is 9.41. The van der Waals surface area contributed by atoms with Crippen LogP contribution in [0.2, 0.25) is 5.02 Å². The second-order valence-corrected chi connectivity index (χ2v) is 19.6. The number of aliphatic hydroxyl groups excluding tert-OH is 1. The standard InChI is InChI=1S/C48H58ClN9O7S/c1-29(31-6-8-32(9-7-31)43-30(2)52-28-66-43)53-46(62)40-22-36(59)26-58(40)47(63)44(48(3,4)5)55-42(60)27-64-19-18-56-14-16-57(17-15-56)41-13-11-34(25-51-41)45(61)54-35-20-38(21-35)65-37-12-10-33(24-50)39(49)23-37/h6-13,23,25,28-29,35-36,38,40,44,59H,14-22,26-27H2,1-5H3,(H,53,62)(H,54,61)(H,55,60)/t29-,35-,36+,38-,40-,44+/m0/s1. The Kier molecular flexibility index (Phi) is 15.6. The van der Waals surface area contributed by atoms with Crippen molar-refractivity contribution in [2.75, 3.05) is 57.4 Å². The number of amides is 4. The van der Waals surface area contributed by atoms with Crippen molar-refractivity contribution in [3.8, 4) is 22.3 Å². The molecule has 4 amide bonds. The van der Waals surface area contributed by atoms with Gasteiger partial charge < -0.3 is 40.3 Å². The predicted molar refractivity (Wildman–Crippen MR) is 251 cm³/mol. The Labute approximate surface area is 394 Å². The van der Waals surface area contributed by atoms with E-state index in [1.54, 1.807) is 41.8 Å².